The van der Waals surface area contributed by atoms with Gasteiger partial charge in [-0.3, -0.25) is 0 Å². The van der Waals surface area contributed by atoms with Crippen LogP contribution in [0.2, 0.25) is 0 Å². The Hall–Kier alpha value is -2.09. The third-order valence-corrected chi connectivity index (χ3v) is 4.95. The highest BCUT2D eigenvalue weighted by Crippen LogP contribution is 2.11. The summed E-state index contributed by atoms with van der Waals surface area (Å²) in [6, 6.07) is 17.6. The number of benzene rings is 2. The Morgan fingerprint density at radius 1 is 0.667 bits per heavy atom. The lowest BCUT2D eigenvalue weighted by Gasteiger charge is -2.04. The Kier molecular flexibility index (Phi) is 10.3. The number of rotatable bonds is 13. The summed E-state index contributed by atoms with van der Waals surface area (Å²) in [6.45, 7) is 5.25. The molecule has 0 saturated carbocycles. The first-order chi connectivity index (χ1) is 13.3. The largest absolute Gasteiger partial charge is 0.306 e. The fourth-order valence-electron chi connectivity index (χ4n) is 3.25. The molecule has 0 bridgehead atoms. The molecular formula is C25H36N2. The van der Waals surface area contributed by atoms with Crippen molar-refractivity contribution < 1.29 is 0 Å². The maximum atomic E-state index is 4.35. The lowest BCUT2D eigenvalue weighted by Crippen LogP contribution is -2.05. The van der Waals surface area contributed by atoms with Gasteiger partial charge in [0.15, 0.2) is 0 Å². The van der Waals surface area contributed by atoms with Crippen molar-refractivity contribution in [1.82, 2.24) is 5.43 Å². The van der Waals surface area contributed by atoms with Crippen LogP contribution in [0.1, 0.15) is 81.0 Å². The SMILES string of the molecule is CCCCCCCCc1ccc(C=NNCc2ccc(CCC)cc2)cc1. The number of aryl methyl sites for hydroxylation is 2. The highest BCUT2D eigenvalue weighted by atomic mass is 15.3. The number of nitrogens with zero attached hydrogens (tertiary/aromatic N) is 1. The van der Waals surface area contributed by atoms with Gasteiger partial charge in [0.2, 0.25) is 0 Å². The van der Waals surface area contributed by atoms with Crippen molar-refractivity contribution >= 4 is 6.21 Å². The molecule has 0 unspecified atom stereocenters. The summed E-state index contributed by atoms with van der Waals surface area (Å²) < 4.78 is 0. The van der Waals surface area contributed by atoms with Crippen LogP contribution in [-0.2, 0) is 19.4 Å². The molecule has 0 radical (unpaired) electrons. The Labute approximate surface area is 166 Å². The number of hydrogen-bond acceptors (Lipinski definition) is 2. The fraction of sp³-hybridized carbons (Fsp3) is 0.480. The third kappa shape index (κ3) is 8.90. The first kappa shape index (κ1) is 21.2. The van der Waals surface area contributed by atoms with E-state index in [1.165, 1.54) is 68.1 Å². The van der Waals surface area contributed by atoms with Crippen LogP contribution < -0.4 is 5.43 Å². The summed E-state index contributed by atoms with van der Waals surface area (Å²) in [7, 11) is 0. The van der Waals surface area contributed by atoms with Crippen molar-refractivity contribution in [2.45, 2.75) is 78.2 Å². The normalized spacial score (nSPS) is 11.2. The predicted octanol–water partition coefficient (Wildman–Crippen LogP) is 6.67. The van der Waals surface area contributed by atoms with Gasteiger partial charge in [0, 0.05) is 0 Å². The highest BCUT2D eigenvalue weighted by molar-refractivity contribution is 5.79. The molecule has 0 fully saturated rings. The Morgan fingerprint density at radius 2 is 1.26 bits per heavy atom. The molecule has 146 valence electrons. The average molecular weight is 365 g/mol. The monoisotopic (exact) mass is 364 g/mol. The van der Waals surface area contributed by atoms with Gasteiger partial charge in [-0.05, 0) is 41.5 Å². The van der Waals surface area contributed by atoms with Gasteiger partial charge < -0.3 is 5.43 Å². The Balaban J connectivity index is 1.66. The van der Waals surface area contributed by atoms with E-state index in [1.54, 1.807) is 0 Å². The van der Waals surface area contributed by atoms with E-state index in [4.69, 9.17) is 0 Å². The van der Waals surface area contributed by atoms with Gasteiger partial charge in [0.25, 0.3) is 0 Å². The van der Waals surface area contributed by atoms with Crippen molar-refractivity contribution in [3.05, 3.63) is 70.8 Å². The first-order valence-electron chi connectivity index (χ1n) is 10.7. The number of nitrogens with one attached hydrogen (secondary N) is 1. The lowest BCUT2D eigenvalue weighted by atomic mass is 10.0. The molecule has 2 nitrogen and oxygen atoms in total. The van der Waals surface area contributed by atoms with Crippen LogP contribution in [0, 0.1) is 0 Å². The molecule has 0 aliphatic carbocycles. The molecule has 0 spiro atoms. The molecule has 0 heterocycles. The molecule has 0 aromatic heterocycles. The van der Waals surface area contributed by atoms with E-state index in [0.29, 0.717) is 0 Å². The van der Waals surface area contributed by atoms with Gasteiger partial charge in [0.05, 0.1) is 12.8 Å². The topological polar surface area (TPSA) is 24.4 Å². The summed E-state index contributed by atoms with van der Waals surface area (Å²) in [6.07, 6.45) is 13.6. The second-order valence-electron chi connectivity index (χ2n) is 7.42. The molecule has 2 aromatic carbocycles. The summed E-state index contributed by atoms with van der Waals surface area (Å²) >= 11 is 0. The van der Waals surface area contributed by atoms with Crippen LogP contribution in [0.15, 0.2) is 53.6 Å². The molecule has 2 aromatic rings. The molecule has 0 aliphatic rings. The quantitative estimate of drug-likeness (QED) is 0.240. The van der Waals surface area contributed by atoms with Gasteiger partial charge in [-0.15, -0.1) is 0 Å². The van der Waals surface area contributed by atoms with Crippen LogP contribution >= 0.6 is 0 Å². The van der Waals surface area contributed by atoms with Crippen LogP contribution in [0.25, 0.3) is 0 Å². The minimum Gasteiger partial charge on any atom is -0.306 e. The zero-order valence-electron chi connectivity index (χ0n) is 17.2. The fourth-order valence-corrected chi connectivity index (χ4v) is 3.25. The number of unbranched alkanes of at least 4 members (excludes halogenated alkanes) is 5. The lowest BCUT2D eigenvalue weighted by molar-refractivity contribution is 0.607. The number of hydrogen-bond donors (Lipinski definition) is 1. The van der Waals surface area contributed by atoms with E-state index in [0.717, 1.165) is 18.5 Å². The Bertz CT molecular complexity index is 641. The zero-order valence-corrected chi connectivity index (χ0v) is 17.2. The molecule has 27 heavy (non-hydrogen) atoms. The van der Waals surface area contributed by atoms with Gasteiger partial charge in [-0.1, -0.05) is 101 Å². The van der Waals surface area contributed by atoms with Crippen molar-refractivity contribution in [1.29, 1.82) is 0 Å². The van der Waals surface area contributed by atoms with E-state index < -0.39 is 0 Å². The highest BCUT2D eigenvalue weighted by Gasteiger charge is 1.96. The molecule has 2 rings (SSSR count). The van der Waals surface area contributed by atoms with Gasteiger partial charge >= 0.3 is 0 Å². The van der Waals surface area contributed by atoms with Crippen molar-refractivity contribution in [2.24, 2.45) is 5.10 Å². The van der Waals surface area contributed by atoms with Gasteiger partial charge in [-0.25, -0.2) is 0 Å². The first-order valence-corrected chi connectivity index (χ1v) is 10.7. The van der Waals surface area contributed by atoms with E-state index in [1.807, 2.05) is 6.21 Å². The zero-order chi connectivity index (χ0) is 19.2. The summed E-state index contributed by atoms with van der Waals surface area (Å²) in [4.78, 5) is 0. The van der Waals surface area contributed by atoms with Gasteiger partial charge in [-0.2, -0.15) is 5.10 Å². The average Bonchev–Trinajstić information content (AvgIpc) is 2.70. The molecule has 0 saturated heterocycles. The van der Waals surface area contributed by atoms with Gasteiger partial charge in [0.1, 0.15) is 0 Å². The second kappa shape index (κ2) is 13.1. The molecule has 0 aliphatic heterocycles. The number of hydrazone groups is 1. The van der Waals surface area contributed by atoms with E-state index in [-0.39, 0.29) is 0 Å². The smallest absolute Gasteiger partial charge is 0.0580 e. The molecule has 0 atom stereocenters. The molecule has 1 N–H and O–H groups in total. The van der Waals surface area contributed by atoms with Crippen LogP contribution in [0.5, 0.6) is 0 Å². The van der Waals surface area contributed by atoms with Crippen molar-refractivity contribution in [2.75, 3.05) is 0 Å². The second-order valence-corrected chi connectivity index (χ2v) is 7.42. The summed E-state index contributed by atoms with van der Waals surface area (Å²) in [5.41, 5.74) is 8.40. The summed E-state index contributed by atoms with van der Waals surface area (Å²) in [5, 5.41) is 4.35. The maximum Gasteiger partial charge on any atom is 0.0580 e. The van der Waals surface area contributed by atoms with Crippen LogP contribution in [-0.4, -0.2) is 6.21 Å². The minimum atomic E-state index is 0.763. The Morgan fingerprint density at radius 3 is 1.96 bits per heavy atom. The minimum absolute atomic E-state index is 0.763. The van der Waals surface area contributed by atoms with E-state index >= 15 is 0 Å². The van der Waals surface area contributed by atoms with Crippen molar-refractivity contribution in [3.63, 3.8) is 0 Å². The van der Waals surface area contributed by atoms with E-state index in [2.05, 4.69) is 72.9 Å². The van der Waals surface area contributed by atoms with Crippen molar-refractivity contribution in [3.8, 4) is 0 Å². The summed E-state index contributed by atoms with van der Waals surface area (Å²) in [5.74, 6) is 0. The van der Waals surface area contributed by atoms with Crippen LogP contribution in [0.4, 0.5) is 0 Å². The van der Waals surface area contributed by atoms with E-state index in [9.17, 15) is 0 Å². The predicted molar refractivity (Wildman–Crippen MR) is 118 cm³/mol. The molecular weight excluding hydrogens is 328 g/mol. The maximum absolute atomic E-state index is 4.35. The van der Waals surface area contributed by atoms with Crippen LogP contribution in [0.3, 0.4) is 0 Å². The molecule has 0 amide bonds. The molecule has 2 heteroatoms. The standard InChI is InChI=1S/C25H36N2/c1-3-5-6-7-8-9-11-23-14-18-25(19-15-23)21-27-26-20-24-16-12-22(10-4-2)13-17-24/h12-19,21,26H,3-11,20H2,1-2H3. The third-order valence-electron chi connectivity index (χ3n) is 4.95.